The van der Waals surface area contributed by atoms with Gasteiger partial charge in [-0.05, 0) is 41.2 Å². The van der Waals surface area contributed by atoms with E-state index in [4.69, 9.17) is 0 Å². The molecule has 18 heavy (non-hydrogen) atoms. The standard InChI is InChI=1S/C17H18O/c1-3-14-4-6-16(7-5-14)17-9-8-15(10-11-18)13(2)12-17/h4-9,11-12H,3,10H2,1-2H3. The Morgan fingerprint density at radius 3 is 2.22 bits per heavy atom. The molecular weight excluding hydrogens is 220 g/mol. The lowest BCUT2D eigenvalue weighted by molar-refractivity contribution is -0.107. The van der Waals surface area contributed by atoms with Gasteiger partial charge in [0, 0.05) is 6.42 Å². The predicted molar refractivity (Wildman–Crippen MR) is 75.8 cm³/mol. The van der Waals surface area contributed by atoms with Crippen molar-refractivity contribution >= 4 is 6.29 Å². The second-order valence-electron chi connectivity index (χ2n) is 4.56. The third-order valence-corrected chi connectivity index (χ3v) is 3.34. The third-order valence-electron chi connectivity index (χ3n) is 3.34. The zero-order chi connectivity index (χ0) is 13.0. The second kappa shape index (κ2) is 5.63. The van der Waals surface area contributed by atoms with Crippen LogP contribution >= 0.6 is 0 Å². The van der Waals surface area contributed by atoms with Crippen LogP contribution in [0.25, 0.3) is 11.1 Å². The van der Waals surface area contributed by atoms with E-state index in [9.17, 15) is 4.79 Å². The van der Waals surface area contributed by atoms with Crippen LogP contribution in [0.1, 0.15) is 23.6 Å². The summed E-state index contributed by atoms with van der Waals surface area (Å²) in [6.07, 6.45) is 2.52. The maximum Gasteiger partial charge on any atom is 0.124 e. The van der Waals surface area contributed by atoms with E-state index < -0.39 is 0 Å². The molecule has 0 spiro atoms. The fourth-order valence-corrected chi connectivity index (χ4v) is 2.13. The zero-order valence-corrected chi connectivity index (χ0v) is 10.9. The fraction of sp³-hybridized carbons (Fsp3) is 0.235. The van der Waals surface area contributed by atoms with Crippen LogP contribution < -0.4 is 0 Å². The molecule has 0 bridgehead atoms. The molecule has 0 aromatic heterocycles. The maximum absolute atomic E-state index is 10.6. The van der Waals surface area contributed by atoms with Gasteiger partial charge in [-0.1, -0.05) is 49.4 Å². The highest BCUT2D eigenvalue weighted by Gasteiger charge is 2.02. The van der Waals surface area contributed by atoms with Gasteiger partial charge in [0.2, 0.25) is 0 Å². The molecule has 0 aliphatic rings. The predicted octanol–water partition coefficient (Wildman–Crippen LogP) is 3.97. The molecule has 0 amide bonds. The second-order valence-corrected chi connectivity index (χ2v) is 4.56. The van der Waals surface area contributed by atoms with Gasteiger partial charge in [-0.3, -0.25) is 0 Å². The molecule has 0 heterocycles. The van der Waals surface area contributed by atoms with E-state index in [0.717, 1.165) is 18.3 Å². The van der Waals surface area contributed by atoms with Crippen molar-refractivity contribution in [2.75, 3.05) is 0 Å². The summed E-state index contributed by atoms with van der Waals surface area (Å²) in [7, 11) is 0. The number of rotatable bonds is 4. The molecule has 0 aliphatic carbocycles. The number of carbonyl (C=O) groups excluding carboxylic acids is 1. The Kier molecular flexibility index (Phi) is 3.93. The van der Waals surface area contributed by atoms with E-state index in [1.54, 1.807) is 0 Å². The van der Waals surface area contributed by atoms with Gasteiger partial charge in [-0.2, -0.15) is 0 Å². The lowest BCUT2D eigenvalue weighted by Gasteiger charge is -2.07. The molecule has 0 atom stereocenters. The summed E-state index contributed by atoms with van der Waals surface area (Å²) in [5.41, 5.74) is 6.09. The first-order chi connectivity index (χ1) is 8.74. The first kappa shape index (κ1) is 12.6. The minimum atomic E-state index is 0.501. The summed E-state index contributed by atoms with van der Waals surface area (Å²) in [5.74, 6) is 0. The average molecular weight is 238 g/mol. The summed E-state index contributed by atoms with van der Waals surface area (Å²) in [5, 5.41) is 0. The lowest BCUT2D eigenvalue weighted by Crippen LogP contribution is -1.91. The van der Waals surface area contributed by atoms with E-state index in [2.05, 4.69) is 50.2 Å². The third kappa shape index (κ3) is 2.67. The first-order valence-corrected chi connectivity index (χ1v) is 6.37. The largest absolute Gasteiger partial charge is 0.303 e. The smallest absolute Gasteiger partial charge is 0.124 e. The average Bonchev–Trinajstić information content (AvgIpc) is 2.41. The number of benzene rings is 2. The number of aldehydes is 1. The van der Waals surface area contributed by atoms with Gasteiger partial charge in [0.05, 0.1) is 0 Å². The Balaban J connectivity index is 2.32. The number of carbonyl (C=O) groups is 1. The minimum Gasteiger partial charge on any atom is -0.303 e. The molecule has 0 N–H and O–H groups in total. The molecule has 0 radical (unpaired) electrons. The number of hydrogen-bond acceptors (Lipinski definition) is 1. The van der Waals surface area contributed by atoms with Gasteiger partial charge in [0.25, 0.3) is 0 Å². The number of aryl methyl sites for hydroxylation is 2. The fourth-order valence-electron chi connectivity index (χ4n) is 2.13. The number of hydrogen-bond donors (Lipinski definition) is 0. The molecule has 92 valence electrons. The van der Waals surface area contributed by atoms with E-state index in [1.165, 1.54) is 22.3 Å². The molecular formula is C17H18O. The van der Waals surface area contributed by atoms with Gasteiger partial charge in [0.15, 0.2) is 0 Å². The van der Waals surface area contributed by atoms with Crippen LogP contribution in [0, 0.1) is 6.92 Å². The van der Waals surface area contributed by atoms with Crippen molar-refractivity contribution in [3.05, 3.63) is 59.2 Å². The molecule has 0 saturated carbocycles. The van der Waals surface area contributed by atoms with E-state index in [1.807, 2.05) is 6.07 Å². The monoisotopic (exact) mass is 238 g/mol. The van der Waals surface area contributed by atoms with Crippen molar-refractivity contribution < 1.29 is 4.79 Å². The highest BCUT2D eigenvalue weighted by molar-refractivity contribution is 5.66. The molecule has 2 aromatic carbocycles. The van der Waals surface area contributed by atoms with Gasteiger partial charge < -0.3 is 4.79 Å². The summed E-state index contributed by atoms with van der Waals surface area (Å²) in [6, 6.07) is 15.0. The molecule has 2 aromatic rings. The Labute approximate surface area is 108 Å². The van der Waals surface area contributed by atoms with Gasteiger partial charge in [-0.15, -0.1) is 0 Å². The van der Waals surface area contributed by atoms with E-state index in [-0.39, 0.29) is 0 Å². The summed E-state index contributed by atoms with van der Waals surface area (Å²) < 4.78 is 0. The van der Waals surface area contributed by atoms with Crippen LogP contribution in [-0.4, -0.2) is 6.29 Å². The normalized spacial score (nSPS) is 10.3. The van der Waals surface area contributed by atoms with E-state index in [0.29, 0.717) is 6.42 Å². The van der Waals surface area contributed by atoms with Crippen LogP contribution in [0.3, 0.4) is 0 Å². The SMILES string of the molecule is CCc1ccc(-c2ccc(CC=O)c(C)c2)cc1. The van der Waals surface area contributed by atoms with Crippen molar-refractivity contribution in [1.29, 1.82) is 0 Å². The van der Waals surface area contributed by atoms with Crippen LogP contribution in [0.4, 0.5) is 0 Å². The first-order valence-electron chi connectivity index (χ1n) is 6.37. The molecule has 0 unspecified atom stereocenters. The van der Waals surface area contributed by atoms with Crippen LogP contribution in [0.2, 0.25) is 0 Å². The Morgan fingerprint density at radius 1 is 1.00 bits per heavy atom. The van der Waals surface area contributed by atoms with Crippen molar-refractivity contribution in [2.45, 2.75) is 26.7 Å². The molecule has 2 rings (SSSR count). The topological polar surface area (TPSA) is 17.1 Å². The highest BCUT2D eigenvalue weighted by atomic mass is 16.1. The molecule has 0 saturated heterocycles. The van der Waals surface area contributed by atoms with Crippen LogP contribution in [-0.2, 0) is 17.6 Å². The molecule has 1 nitrogen and oxygen atoms in total. The van der Waals surface area contributed by atoms with Crippen molar-refractivity contribution in [3.8, 4) is 11.1 Å². The summed E-state index contributed by atoms with van der Waals surface area (Å²) in [6.45, 7) is 4.22. The van der Waals surface area contributed by atoms with E-state index >= 15 is 0 Å². The maximum atomic E-state index is 10.6. The van der Waals surface area contributed by atoms with Crippen molar-refractivity contribution in [1.82, 2.24) is 0 Å². The van der Waals surface area contributed by atoms with Crippen molar-refractivity contribution in [2.24, 2.45) is 0 Å². The Morgan fingerprint density at radius 2 is 1.67 bits per heavy atom. The van der Waals surface area contributed by atoms with Crippen LogP contribution in [0.15, 0.2) is 42.5 Å². The van der Waals surface area contributed by atoms with Crippen molar-refractivity contribution in [3.63, 3.8) is 0 Å². The van der Waals surface area contributed by atoms with Crippen LogP contribution in [0.5, 0.6) is 0 Å². The quantitative estimate of drug-likeness (QED) is 0.737. The summed E-state index contributed by atoms with van der Waals surface area (Å²) >= 11 is 0. The van der Waals surface area contributed by atoms with Gasteiger partial charge in [-0.25, -0.2) is 0 Å². The zero-order valence-electron chi connectivity index (χ0n) is 10.9. The molecule has 0 aliphatic heterocycles. The lowest BCUT2D eigenvalue weighted by atomic mass is 9.98. The molecule has 1 heteroatoms. The Hall–Kier alpha value is -1.89. The van der Waals surface area contributed by atoms with Gasteiger partial charge >= 0.3 is 0 Å². The molecule has 0 fully saturated rings. The Bertz CT molecular complexity index is 538. The highest BCUT2D eigenvalue weighted by Crippen LogP contribution is 2.23. The van der Waals surface area contributed by atoms with Gasteiger partial charge in [0.1, 0.15) is 6.29 Å². The summed E-state index contributed by atoms with van der Waals surface area (Å²) in [4.78, 5) is 10.6. The minimum absolute atomic E-state index is 0.501.